The van der Waals surface area contributed by atoms with Crippen LogP contribution < -0.4 is 5.32 Å². The SMILES string of the molecule is CC(C)C(CNCC1CC2CCC1C2)c1ccccc1. The normalized spacial score (nSPS) is 30.1. The van der Waals surface area contributed by atoms with E-state index in [1.807, 2.05) is 0 Å². The highest BCUT2D eigenvalue weighted by molar-refractivity contribution is 5.20. The molecule has 2 fully saturated rings. The Labute approximate surface area is 124 Å². The molecule has 0 radical (unpaired) electrons. The van der Waals surface area contributed by atoms with Gasteiger partial charge in [-0.2, -0.15) is 0 Å². The standard InChI is InChI=1S/C19H29N/c1-14(2)19(16-6-4-3-5-7-16)13-20-12-18-11-15-8-9-17(18)10-15/h3-7,14-15,17-20H,8-13H2,1-2H3. The van der Waals surface area contributed by atoms with Crippen LogP contribution in [0, 0.1) is 23.7 Å². The highest BCUT2D eigenvalue weighted by Gasteiger charge is 2.38. The molecule has 4 unspecified atom stereocenters. The second kappa shape index (κ2) is 6.30. The molecule has 20 heavy (non-hydrogen) atoms. The molecule has 1 nitrogen and oxygen atoms in total. The van der Waals surface area contributed by atoms with Gasteiger partial charge in [-0.1, -0.05) is 50.6 Å². The fraction of sp³-hybridized carbons (Fsp3) is 0.684. The van der Waals surface area contributed by atoms with Gasteiger partial charge in [-0.15, -0.1) is 0 Å². The number of benzene rings is 1. The Morgan fingerprint density at radius 3 is 2.50 bits per heavy atom. The van der Waals surface area contributed by atoms with E-state index in [-0.39, 0.29) is 0 Å². The van der Waals surface area contributed by atoms with Crippen molar-refractivity contribution in [3.8, 4) is 0 Å². The number of hydrogen-bond acceptors (Lipinski definition) is 1. The topological polar surface area (TPSA) is 12.0 Å². The van der Waals surface area contributed by atoms with Crippen molar-refractivity contribution in [1.82, 2.24) is 5.32 Å². The fourth-order valence-electron chi connectivity index (χ4n) is 4.49. The molecule has 0 spiro atoms. The van der Waals surface area contributed by atoms with Crippen molar-refractivity contribution >= 4 is 0 Å². The van der Waals surface area contributed by atoms with E-state index >= 15 is 0 Å². The van der Waals surface area contributed by atoms with E-state index in [2.05, 4.69) is 49.5 Å². The molecule has 0 saturated heterocycles. The molecule has 2 bridgehead atoms. The first-order chi connectivity index (χ1) is 9.74. The van der Waals surface area contributed by atoms with Crippen molar-refractivity contribution in [3.05, 3.63) is 35.9 Å². The lowest BCUT2D eigenvalue weighted by Gasteiger charge is -2.26. The van der Waals surface area contributed by atoms with E-state index in [4.69, 9.17) is 0 Å². The molecule has 2 aliphatic rings. The van der Waals surface area contributed by atoms with E-state index in [0.29, 0.717) is 11.8 Å². The van der Waals surface area contributed by atoms with E-state index in [9.17, 15) is 0 Å². The third-order valence-corrected chi connectivity index (χ3v) is 5.69. The second-order valence-electron chi connectivity index (χ2n) is 7.35. The van der Waals surface area contributed by atoms with Gasteiger partial charge in [0.15, 0.2) is 0 Å². The van der Waals surface area contributed by atoms with Gasteiger partial charge in [0.1, 0.15) is 0 Å². The van der Waals surface area contributed by atoms with Gasteiger partial charge in [0, 0.05) is 6.54 Å². The lowest BCUT2D eigenvalue weighted by Crippen LogP contribution is -2.31. The molecular weight excluding hydrogens is 242 g/mol. The zero-order chi connectivity index (χ0) is 13.9. The first-order valence-electron chi connectivity index (χ1n) is 8.49. The summed E-state index contributed by atoms with van der Waals surface area (Å²) in [4.78, 5) is 0. The van der Waals surface area contributed by atoms with Crippen molar-refractivity contribution in [2.75, 3.05) is 13.1 Å². The molecule has 2 saturated carbocycles. The van der Waals surface area contributed by atoms with Crippen LogP contribution in [0.5, 0.6) is 0 Å². The predicted octanol–water partition coefficient (Wildman–Crippen LogP) is 4.45. The Balaban J connectivity index is 1.50. The Hall–Kier alpha value is -0.820. The summed E-state index contributed by atoms with van der Waals surface area (Å²) < 4.78 is 0. The summed E-state index contributed by atoms with van der Waals surface area (Å²) in [7, 11) is 0. The number of hydrogen-bond donors (Lipinski definition) is 1. The Morgan fingerprint density at radius 2 is 1.90 bits per heavy atom. The third kappa shape index (κ3) is 3.09. The van der Waals surface area contributed by atoms with Crippen LogP contribution in [0.25, 0.3) is 0 Å². The molecule has 110 valence electrons. The van der Waals surface area contributed by atoms with Gasteiger partial charge in [-0.05, 0) is 61.0 Å². The summed E-state index contributed by atoms with van der Waals surface area (Å²) >= 11 is 0. The minimum atomic E-state index is 0.648. The largest absolute Gasteiger partial charge is 0.316 e. The summed E-state index contributed by atoms with van der Waals surface area (Å²) in [6, 6.07) is 11.0. The summed E-state index contributed by atoms with van der Waals surface area (Å²) in [5.41, 5.74) is 1.49. The van der Waals surface area contributed by atoms with Gasteiger partial charge in [0.25, 0.3) is 0 Å². The average molecular weight is 271 g/mol. The lowest BCUT2D eigenvalue weighted by atomic mass is 9.87. The molecule has 1 N–H and O–H groups in total. The van der Waals surface area contributed by atoms with Crippen LogP contribution in [-0.4, -0.2) is 13.1 Å². The molecule has 1 aromatic carbocycles. The van der Waals surface area contributed by atoms with Crippen molar-refractivity contribution < 1.29 is 0 Å². The molecule has 3 rings (SSSR count). The Bertz CT molecular complexity index is 411. The van der Waals surface area contributed by atoms with E-state index in [1.54, 1.807) is 0 Å². The predicted molar refractivity (Wildman–Crippen MR) is 85.8 cm³/mol. The second-order valence-corrected chi connectivity index (χ2v) is 7.35. The maximum absolute atomic E-state index is 3.79. The zero-order valence-corrected chi connectivity index (χ0v) is 13.0. The van der Waals surface area contributed by atoms with Gasteiger partial charge < -0.3 is 5.32 Å². The van der Waals surface area contributed by atoms with Crippen LogP contribution in [0.2, 0.25) is 0 Å². The quantitative estimate of drug-likeness (QED) is 0.806. The Morgan fingerprint density at radius 1 is 1.10 bits per heavy atom. The van der Waals surface area contributed by atoms with Crippen LogP contribution in [0.15, 0.2) is 30.3 Å². The monoisotopic (exact) mass is 271 g/mol. The van der Waals surface area contributed by atoms with Crippen molar-refractivity contribution in [1.29, 1.82) is 0 Å². The van der Waals surface area contributed by atoms with Gasteiger partial charge in [-0.25, -0.2) is 0 Å². The molecule has 0 aromatic heterocycles. The van der Waals surface area contributed by atoms with E-state index in [0.717, 1.165) is 24.3 Å². The first-order valence-corrected chi connectivity index (χ1v) is 8.49. The van der Waals surface area contributed by atoms with Gasteiger partial charge in [-0.3, -0.25) is 0 Å². The maximum Gasteiger partial charge on any atom is 0.00227 e. The van der Waals surface area contributed by atoms with Crippen molar-refractivity contribution in [2.45, 2.75) is 45.4 Å². The minimum Gasteiger partial charge on any atom is -0.316 e. The molecule has 1 aromatic rings. The molecule has 0 aliphatic heterocycles. The summed E-state index contributed by atoms with van der Waals surface area (Å²) in [6.45, 7) is 7.07. The summed E-state index contributed by atoms with van der Waals surface area (Å²) in [5.74, 6) is 4.43. The molecule has 2 aliphatic carbocycles. The zero-order valence-electron chi connectivity index (χ0n) is 13.0. The van der Waals surface area contributed by atoms with Crippen LogP contribution >= 0.6 is 0 Å². The van der Waals surface area contributed by atoms with E-state index in [1.165, 1.54) is 37.8 Å². The van der Waals surface area contributed by atoms with Crippen LogP contribution in [0.1, 0.15) is 51.0 Å². The van der Waals surface area contributed by atoms with Crippen LogP contribution in [0.4, 0.5) is 0 Å². The smallest absolute Gasteiger partial charge is 0.00227 e. The molecule has 1 heteroatoms. The van der Waals surface area contributed by atoms with Crippen molar-refractivity contribution in [2.24, 2.45) is 23.7 Å². The average Bonchev–Trinajstić information content (AvgIpc) is 3.06. The Kier molecular flexibility index (Phi) is 4.45. The van der Waals surface area contributed by atoms with Gasteiger partial charge >= 0.3 is 0 Å². The number of fused-ring (bicyclic) bond motifs is 2. The minimum absolute atomic E-state index is 0.648. The highest BCUT2D eigenvalue weighted by atomic mass is 14.9. The first kappa shape index (κ1) is 14.1. The van der Waals surface area contributed by atoms with E-state index < -0.39 is 0 Å². The molecule has 0 amide bonds. The van der Waals surface area contributed by atoms with Crippen LogP contribution in [0.3, 0.4) is 0 Å². The number of rotatable bonds is 6. The van der Waals surface area contributed by atoms with Gasteiger partial charge in [0.2, 0.25) is 0 Å². The van der Waals surface area contributed by atoms with Crippen molar-refractivity contribution in [3.63, 3.8) is 0 Å². The molecule has 0 heterocycles. The summed E-state index contributed by atoms with van der Waals surface area (Å²) in [5, 5.41) is 3.79. The fourth-order valence-corrected chi connectivity index (χ4v) is 4.49. The maximum atomic E-state index is 3.79. The molecular formula is C19H29N. The third-order valence-electron chi connectivity index (χ3n) is 5.69. The van der Waals surface area contributed by atoms with Gasteiger partial charge in [0.05, 0.1) is 0 Å². The molecule has 4 atom stereocenters. The number of nitrogens with one attached hydrogen (secondary N) is 1. The van der Waals surface area contributed by atoms with Crippen LogP contribution in [-0.2, 0) is 0 Å². The highest BCUT2D eigenvalue weighted by Crippen LogP contribution is 2.47. The lowest BCUT2D eigenvalue weighted by molar-refractivity contribution is 0.311. The summed E-state index contributed by atoms with van der Waals surface area (Å²) in [6.07, 6.45) is 6.04.